The number of carbonyl (C=O) groups excluding carboxylic acids is 1. The van der Waals surface area contributed by atoms with Crippen LogP contribution in [0.1, 0.15) is 18.9 Å². The van der Waals surface area contributed by atoms with Gasteiger partial charge in [-0.1, -0.05) is 0 Å². The molecule has 11 nitrogen and oxygen atoms in total. The lowest BCUT2D eigenvalue weighted by atomic mass is 10.1. The molecule has 0 bridgehead atoms. The molecule has 1 heterocycles. The van der Waals surface area contributed by atoms with Crippen LogP contribution in [0.15, 0.2) is 47.7 Å². The fraction of sp³-hybridized carbons (Fsp3) is 0.188. The van der Waals surface area contributed by atoms with Crippen molar-refractivity contribution in [3.63, 3.8) is 0 Å². The molecule has 0 saturated carbocycles. The van der Waals surface area contributed by atoms with Crippen LogP contribution in [-0.4, -0.2) is 33.1 Å². The molecule has 1 N–H and O–H groups in total. The quantitative estimate of drug-likeness (QED) is 0.321. The lowest BCUT2D eigenvalue weighted by Gasteiger charge is -2.08. The van der Waals surface area contributed by atoms with Crippen LogP contribution in [0.3, 0.4) is 0 Å². The first kappa shape index (κ1) is 19.4. The smallest absolute Gasteiger partial charge is 0.313 e. The summed E-state index contributed by atoms with van der Waals surface area (Å²) in [7, 11) is 0. The highest BCUT2D eigenvalue weighted by molar-refractivity contribution is 6.09. The van der Waals surface area contributed by atoms with E-state index >= 15 is 0 Å². The minimum atomic E-state index is -0.623. The Balaban J connectivity index is 2.34. The molecular weight excluding hydrogens is 358 g/mol. The van der Waals surface area contributed by atoms with Crippen molar-refractivity contribution in [3.8, 4) is 0 Å². The summed E-state index contributed by atoms with van der Waals surface area (Å²) < 4.78 is 4.89. The second-order valence-corrected chi connectivity index (χ2v) is 5.08. The monoisotopic (exact) mass is 373 g/mol. The molecule has 2 rings (SSSR count). The van der Waals surface area contributed by atoms with Crippen molar-refractivity contribution < 1.29 is 19.4 Å². The van der Waals surface area contributed by atoms with Crippen molar-refractivity contribution in [2.24, 2.45) is 5.10 Å². The van der Waals surface area contributed by atoms with Gasteiger partial charge in [-0.25, -0.2) is 4.98 Å². The number of hydrogen-bond acceptors (Lipinski definition) is 9. The Labute approximate surface area is 153 Å². The SMILES string of the molecule is CCOC(=O)CC(=NNc1ncccc1[N+](=O)[O-])c1ccc([N+](=O)[O-])cc1. The van der Waals surface area contributed by atoms with Crippen LogP contribution in [0.5, 0.6) is 0 Å². The zero-order valence-corrected chi connectivity index (χ0v) is 14.2. The number of ether oxygens (including phenoxy) is 1. The number of nitrogens with zero attached hydrogens (tertiary/aromatic N) is 4. The molecule has 0 unspecified atom stereocenters. The number of pyridine rings is 1. The molecule has 0 radical (unpaired) electrons. The lowest BCUT2D eigenvalue weighted by molar-refractivity contribution is -0.384. The van der Waals surface area contributed by atoms with Gasteiger partial charge in [0.25, 0.3) is 5.69 Å². The average molecular weight is 373 g/mol. The number of non-ortho nitro benzene ring substituents is 1. The third-order valence-corrected chi connectivity index (χ3v) is 3.31. The molecule has 0 aliphatic heterocycles. The maximum Gasteiger partial charge on any atom is 0.313 e. The summed E-state index contributed by atoms with van der Waals surface area (Å²) in [5.41, 5.74) is 2.66. The highest BCUT2D eigenvalue weighted by Crippen LogP contribution is 2.21. The van der Waals surface area contributed by atoms with Gasteiger partial charge in [-0.05, 0) is 30.7 Å². The number of esters is 1. The second kappa shape index (κ2) is 8.99. The van der Waals surface area contributed by atoms with E-state index in [4.69, 9.17) is 4.74 Å². The predicted octanol–water partition coefficient (Wildman–Crippen LogP) is 2.67. The molecule has 11 heteroatoms. The zero-order chi connectivity index (χ0) is 19.8. The summed E-state index contributed by atoms with van der Waals surface area (Å²) in [5.74, 6) is -0.669. The number of nitro groups is 2. The number of carbonyl (C=O) groups is 1. The maximum atomic E-state index is 11.8. The molecule has 0 saturated heterocycles. The highest BCUT2D eigenvalue weighted by Gasteiger charge is 2.16. The molecule has 27 heavy (non-hydrogen) atoms. The number of benzene rings is 1. The van der Waals surface area contributed by atoms with Crippen molar-refractivity contribution in [1.82, 2.24) is 4.98 Å². The van der Waals surface area contributed by atoms with Gasteiger partial charge in [-0.2, -0.15) is 5.10 Å². The molecule has 1 aromatic heterocycles. The Morgan fingerprint density at radius 2 is 1.89 bits per heavy atom. The fourth-order valence-corrected chi connectivity index (χ4v) is 2.08. The van der Waals surface area contributed by atoms with Gasteiger partial charge >= 0.3 is 11.7 Å². The Morgan fingerprint density at radius 1 is 1.19 bits per heavy atom. The minimum absolute atomic E-state index is 0.106. The van der Waals surface area contributed by atoms with Crippen LogP contribution in [0.25, 0.3) is 0 Å². The van der Waals surface area contributed by atoms with E-state index in [2.05, 4.69) is 15.5 Å². The Kier molecular flexibility index (Phi) is 6.47. The highest BCUT2D eigenvalue weighted by atomic mass is 16.6. The Morgan fingerprint density at radius 3 is 2.48 bits per heavy atom. The van der Waals surface area contributed by atoms with Gasteiger partial charge in [0.1, 0.15) is 0 Å². The van der Waals surface area contributed by atoms with Gasteiger partial charge in [0.2, 0.25) is 5.82 Å². The first-order valence-electron chi connectivity index (χ1n) is 7.74. The third-order valence-electron chi connectivity index (χ3n) is 3.31. The molecule has 1 aromatic carbocycles. The summed E-state index contributed by atoms with van der Waals surface area (Å²) in [6, 6.07) is 8.03. The minimum Gasteiger partial charge on any atom is -0.466 e. The second-order valence-electron chi connectivity index (χ2n) is 5.08. The van der Waals surface area contributed by atoms with Crippen LogP contribution < -0.4 is 5.43 Å². The van der Waals surface area contributed by atoms with Crippen LogP contribution in [0, 0.1) is 20.2 Å². The first-order chi connectivity index (χ1) is 12.9. The van der Waals surface area contributed by atoms with Crippen LogP contribution in [-0.2, 0) is 9.53 Å². The standard InChI is InChI=1S/C16H15N5O6/c1-2-27-15(22)10-13(11-5-7-12(8-6-11)20(23)24)18-19-16-14(21(25)26)4-3-9-17-16/h3-9H,2,10H2,1H3,(H,17,19). The summed E-state index contributed by atoms with van der Waals surface area (Å²) in [4.78, 5) is 36.3. The van der Waals surface area contributed by atoms with E-state index in [9.17, 15) is 25.0 Å². The normalized spacial score (nSPS) is 10.9. The van der Waals surface area contributed by atoms with E-state index in [-0.39, 0.29) is 35.9 Å². The number of aromatic nitrogens is 1. The topological polar surface area (TPSA) is 150 Å². The molecule has 0 aliphatic carbocycles. The van der Waals surface area contributed by atoms with Crippen molar-refractivity contribution >= 4 is 28.9 Å². The number of hydrazone groups is 1. The number of rotatable bonds is 8. The molecule has 2 aromatic rings. The maximum absolute atomic E-state index is 11.8. The summed E-state index contributed by atoms with van der Waals surface area (Å²) in [6.45, 7) is 1.82. The van der Waals surface area contributed by atoms with E-state index in [1.807, 2.05) is 0 Å². The van der Waals surface area contributed by atoms with E-state index in [0.717, 1.165) is 0 Å². The van der Waals surface area contributed by atoms with Crippen molar-refractivity contribution in [2.45, 2.75) is 13.3 Å². The fourth-order valence-electron chi connectivity index (χ4n) is 2.08. The van der Waals surface area contributed by atoms with Crippen LogP contribution >= 0.6 is 0 Å². The Bertz CT molecular complexity index is 881. The van der Waals surface area contributed by atoms with Gasteiger partial charge in [0, 0.05) is 24.4 Å². The van der Waals surface area contributed by atoms with Gasteiger partial charge in [-0.3, -0.25) is 30.4 Å². The van der Waals surface area contributed by atoms with E-state index in [1.54, 1.807) is 6.92 Å². The van der Waals surface area contributed by atoms with Crippen molar-refractivity contribution in [2.75, 3.05) is 12.0 Å². The number of nitrogens with one attached hydrogen (secondary N) is 1. The molecule has 0 spiro atoms. The van der Waals surface area contributed by atoms with E-state index in [0.29, 0.717) is 5.56 Å². The number of anilines is 1. The largest absolute Gasteiger partial charge is 0.466 e. The van der Waals surface area contributed by atoms with Crippen molar-refractivity contribution in [3.05, 3.63) is 68.4 Å². The Hall–Kier alpha value is -3.89. The number of hydrogen-bond donors (Lipinski definition) is 1. The van der Waals surface area contributed by atoms with Gasteiger partial charge in [-0.15, -0.1) is 0 Å². The summed E-state index contributed by atoms with van der Waals surface area (Å²) in [5, 5.41) is 25.8. The molecule has 140 valence electrons. The van der Waals surface area contributed by atoms with Gasteiger partial charge in [0.05, 0.1) is 28.6 Å². The number of nitro benzene ring substituents is 1. The molecule has 0 fully saturated rings. The molecule has 0 aliphatic rings. The van der Waals surface area contributed by atoms with Crippen LogP contribution in [0.2, 0.25) is 0 Å². The molecule has 0 atom stereocenters. The van der Waals surface area contributed by atoms with E-state index < -0.39 is 15.8 Å². The summed E-state index contributed by atoms with van der Waals surface area (Å²) in [6.07, 6.45) is 1.11. The first-order valence-corrected chi connectivity index (χ1v) is 7.74. The molecule has 0 amide bonds. The van der Waals surface area contributed by atoms with E-state index in [1.165, 1.54) is 42.6 Å². The van der Waals surface area contributed by atoms with Crippen molar-refractivity contribution in [1.29, 1.82) is 0 Å². The summed E-state index contributed by atoms with van der Waals surface area (Å²) >= 11 is 0. The van der Waals surface area contributed by atoms with Gasteiger partial charge < -0.3 is 4.74 Å². The predicted molar refractivity (Wildman–Crippen MR) is 95.4 cm³/mol. The van der Waals surface area contributed by atoms with Crippen LogP contribution in [0.4, 0.5) is 17.2 Å². The third kappa shape index (κ3) is 5.29. The average Bonchev–Trinajstić information content (AvgIpc) is 2.65. The lowest BCUT2D eigenvalue weighted by Crippen LogP contribution is -2.14. The van der Waals surface area contributed by atoms with Gasteiger partial charge in [0.15, 0.2) is 0 Å². The molecular formula is C16H15N5O6. The zero-order valence-electron chi connectivity index (χ0n) is 14.2.